The molecule has 0 aliphatic carbocycles. The minimum absolute atomic E-state index is 0.0643. The van der Waals surface area contributed by atoms with Crippen molar-refractivity contribution in [3.63, 3.8) is 0 Å². The van der Waals surface area contributed by atoms with Crippen LogP contribution in [0.25, 0.3) is 11.0 Å². The Morgan fingerprint density at radius 1 is 1.12 bits per heavy atom. The van der Waals surface area contributed by atoms with Gasteiger partial charge in [-0.2, -0.15) is 0 Å². The van der Waals surface area contributed by atoms with Gasteiger partial charge in [0.15, 0.2) is 0 Å². The van der Waals surface area contributed by atoms with E-state index in [4.69, 9.17) is 4.98 Å². The number of aromatic nitrogens is 2. The van der Waals surface area contributed by atoms with E-state index < -0.39 is 0 Å². The third-order valence-electron chi connectivity index (χ3n) is 4.72. The number of amides is 1. The smallest absolute Gasteiger partial charge is 0.246 e. The Balaban J connectivity index is 1.92. The highest BCUT2D eigenvalue weighted by atomic mass is 16.1. The lowest BCUT2D eigenvalue weighted by atomic mass is 10.1. The van der Waals surface area contributed by atoms with Gasteiger partial charge in [0.25, 0.3) is 0 Å². The number of carbonyl (C=O) groups excluding carboxylic acids is 1. The molecule has 4 heteroatoms. The van der Waals surface area contributed by atoms with Crippen molar-refractivity contribution in [1.29, 1.82) is 0 Å². The molecule has 0 aliphatic heterocycles. The minimum Gasteiger partial charge on any atom is -0.352 e. The van der Waals surface area contributed by atoms with Gasteiger partial charge in [-0.3, -0.25) is 4.79 Å². The van der Waals surface area contributed by atoms with Crippen molar-refractivity contribution in [2.45, 2.75) is 71.8 Å². The largest absolute Gasteiger partial charge is 0.352 e. The number of hydrogen-bond donors (Lipinski definition) is 1. The number of aryl methyl sites for hydroxylation is 2. The molecule has 1 amide bonds. The first-order chi connectivity index (χ1) is 12.6. The summed E-state index contributed by atoms with van der Waals surface area (Å²) in [6.45, 7) is 9.34. The van der Waals surface area contributed by atoms with E-state index in [0.29, 0.717) is 12.1 Å². The summed E-state index contributed by atoms with van der Waals surface area (Å²) >= 11 is 0. The molecule has 1 heterocycles. The number of rotatable bonds is 12. The molecule has 4 nitrogen and oxygen atoms in total. The summed E-state index contributed by atoms with van der Waals surface area (Å²) in [5.74, 6) is 1.06. The van der Waals surface area contributed by atoms with Crippen LogP contribution >= 0.6 is 0 Å². The van der Waals surface area contributed by atoms with Crippen LogP contribution < -0.4 is 5.32 Å². The number of fused-ring (bicyclic) bond motifs is 1. The van der Waals surface area contributed by atoms with Gasteiger partial charge >= 0.3 is 0 Å². The second-order valence-corrected chi connectivity index (χ2v) is 7.08. The summed E-state index contributed by atoms with van der Waals surface area (Å²) in [7, 11) is 0. The van der Waals surface area contributed by atoms with Gasteiger partial charge in [0.1, 0.15) is 5.82 Å². The van der Waals surface area contributed by atoms with E-state index in [9.17, 15) is 4.79 Å². The molecule has 0 fully saturated rings. The average molecular weight is 356 g/mol. The van der Waals surface area contributed by atoms with Crippen molar-refractivity contribution in [3.8, 4) is 0 Å². The maximum Gasteiger partial charge on any atom is 0.246 e. The fourth-order valence-electron chi connectivity index (χ4n) is 3.22. The Morgan fingerprint density at radius 2 is 1.85 bits per heavy atom. The second-order valence-electron chi connectivity index (χ2n) is 7.08. The van der Waals surface area contributed by atoms with E-state index in [-0.39, 0.29) is 5.91 Å². The van der Waals surface area contributed by atoms with E-state index in [0.717, 1.165) is 30.7 Å². The van der Waals surface area contributed by atoms with Crippen LogP contribution in [0.4, 0.5) is 0 Å². The zero-order valence-electron chi connectivity index (χ0n) is 16.4. The number of imidazole rings is 1. The van der Waals surface area contributed by atoms with Crippen LogP contribution in [0.3, 0.4) is 0 Å². The number of benzene rings is 1. The van der Waals surface area contributed by atoms with E-state index in [1.54, 1.807) is 6.92 Å². The van der Waals surface area contributed by atoms with Gasteiger partial charge < -0.3 is 9.88 Å². The molecule has 0 bridgehead atoms. The molecule has 0 spiro atoms. The molecule has 0 radical (unpaired) electrons. The molecule has 26 heavy (non-hydrogen) atoms. The number of hydrogen-bond acceptors (Lipinski definition) is 2. The van der Waals surface area contributed by atoms with Crippen LogP contribution in [0.5, 0.6) is 0 Å². The van der Waals surface area contributed by atoms with Gasteiger partial charge in [0.05, 0.1) is 11.0 Å². The van der Waals surface area contributed by atoms with E-state index in [2.05, 4.69) is 41.6 Å². The molecule has 0 unspecified atom stereocenters. The maximum absolute atomic E-state index is 11.6. The first-order valence-corrected chi connectivity index (χ1v) is 10.0. The number of carbonyl (C=O) groups is 1. The van der Waals surface area contributed by atoms with Gasteiger partial charge in [-0.05, 0) is 31.9 Å². The Kier molecular flexibility index (Phi) is 8.39. The molecule has 0 saturated carbocycles. The van der Waals surface area contributed by atoms with Crippen molar-refractivity contribution in [1.82, 2.24) is 14.9 Å². The molecular weight excluding hydrogens is 322 g/mol. The summed E-state index contributed by atoms with van der Waals surface area (Å²) in [5.41, 5.74) is 2.85. The topological polar surface area (TPSA) is 46.9 Å². The average Bonchev–Trinajstić information content (AvgIpc) is 2.99. The number of unbranched alkanes of at least 4 members (excludes halogenated alkanes) is 5. The molecule has 0 atom stereocenters. The Labute approximate surface area is 157 Å². The SMILES string of the molecule is C=C(C)C(=O)NCCCc1nc2ccccc2n1CCCCCCCC. The lowest BCUT2D eigenvalue weighted by Gasteiger charge is -2.10. The summed E-state index contributed by atoms with van der Waals surface area (Å²) in [4.78, 5) is 16.4. The molecule has 1 N–H and O–H groups in total. The zero-order valence-corrected chi connectivity index (χ0v) is 16.4. The number of nitrogens with one attached hydrogen (secondary N) is 1. The molecule has 0 saturated heterocycles. The van der Waals surface area contributed by atoms with Gasteiger partial charge in [-0.15, -0.1) is 0 Å². The van der Waals surface area contributed by atoms with Crippen LogP contribution in [-0.4, -0.2) is 22.0 Å². The lowest BCUT2D eigenvalue weighted by molar-refractivity contribution is -0.117. The molecule has 142 valence electrons. The van der Waals surface area contributed by atoms with Crippen molar-refractivity contribution in [3.05, 3.63) is 42.2 Å². The molecule has 2 aromatic rings. The summed E-state index contributed by atoms with van der Waals surface area (Å²) in [5, 5.41) is 2.90. The first kappa shape index (κ1) is 20.2. The van der Waals surface area contributed by atoms with Crippen LogP contribution in [0.1, 0.15) is 64.6 Å². The summed E-state index contributed by atoms with van der Waals surface area (Å²) in [6.07, 6.45) is 9.54. The van der Waals surface area contributed by atoms with Gasteiger partial charge in [-0.25, -0.2) is 4.98 Å². The highest BCUT2D eigenvalue weighted by molar-refractivity contribution is 5.92. The summed E-state index contributed by atoms with van der Waals surface area (Å²) in [6, 6.07) is 8.37. The van der Waals surface area contributed by atoms with Crippen LogP contribution in [-0.2, 0) is 17.8 Å². The standard InChI is InChI=1S/C22H33N3O/c1-4-5-6-7-8-11-17-25-20-14-10-9-13-19(20)24-21(25)15-12-16-23-22(26)18(2)3/h9-10,13-14H,2,4-8,11-12,15-17H2,1,3H3,(H,23,26). The van der Waals surface area contributed by atoms with Crippen LogP contribution in [0, 0.1) is 0 Å². The molecule has 0 aliphatic rings. The van der Waals surface area contributed by atoms with Crippen molar-refractivity contribution < 1.29 is 4.79 Å². The van der Waals surface area contributed by atoms with Crippen LogP contribution in [0.15, 0.2) is 36.4 Å². The van der Waals surface area contributed by atoms with Crippen LogP contribution in [0.2, 0.25) is 0 Å². The monoisotopic (exact) mass is 355 g/mol. The highest BCUT2D eigenvalue weighted by Crippen LogP contribution is 2.18. The van der Waals surface area contributed by atoms with Gasteiger partial charge in [0.2, 0.25) is 5.91 Å². The summed E-state index contributed by atoms with van der Waals surface area (Å²) < 4.78 is 2.37. The van der Waals surface area contributed by atoms with E-state index in [1.165, 1.54) is 44.0 Å². The van der Waals surface area contributed by atoms with Crippen molar-refractivity contribution in [2.75, 3.05) is 6.54 Å². The number of para-hydroxylation sites is 2. The maximum atomic E-state index is 11.6. The second kappa shape index (κ2) is 10.8. The minimum atomic E-state index is -0.0643. The fraction of sp³-hybridized carbons (Fsp3) is 0.545. The van der Waals surface area contributed by atoms with Crippen molar-refractivity contribution >= 4 is 16.9 Å². The predicted molar refractivity (Wildman–Crippen MR) is 109 cm³/mol. The highest BCUT2D eigenvalue weighted by Gasteiger charge is 2.10. The Morgan fingerprint density at radius 3 is 2.62 bits per heavy atom. The molecular formula is C22H33N3O. The Bertz CT molecular complexity index is 717. The van der Waals surface area contributed by atoms with Gasteiger partial charge in [0, 0.05) is 25.1 Å². The third kappa shape index (κ3) is 6.01. The zero-order chi connectivity index (χ0) is 18.8. The lowest BCUT2D eigenvalue weighted by Crippen LogP contribution is -2.25. The van der Waals surface area contributed by atoms with Crippen molar-refractivity contribution in [2.24, 2.45) is 0 Å². The molecule has 1 aromatic heterocycles. The molecule has 1 aromatic carbocycles. The third-order valence-corrected chi connectivity index (χ3v) is 4.72. The number of nitrogens with zero attached hydrogens (tertiary/aromatic N) is 2. The van der Waals surface area contributed by atoms with E-state index >= 15 is 0 Å². The normalized spacial score (nSPS) is 11.0. The van der Waals surface area contributed by atoms with Gasteiger partial charge in [-0.1, -0.05) is 57.7 Å². The van der Waals surface area contributed by atoms with E-state index in [1.807, 2.05) is 6.07 Å². The predicted octanol–water partition coefficient (Wildman–Crippen LogP) is 5.02. The molecule has 2 rings (SSSR count). The Hall–Kier alpha value is -2.10. The first-order valence-electron chi connectivity index (χ1n) is 10.0. The quantitative estimate of drug-likeness (QED) is 0.429. The fourth-order valence-corrected chi connectivity index (χ4v) is 3.22.